The van der Waals surface area contributed by atoms with Gasteiger partial charge in [0.25, 0.3) is 0 Å². The molecule has 0 saturated carbocycles. The minimum Gasteiger partial charge on any atom is -0.324 e. The molecule has 4 aromatic rings. The maximum atomic E-state index is 12.5. The van der Waals surface area contributed by atoms with Gasteiger partial charge in [0.1, 0.15) is 5.82 Å². The van der Waals surface area contributed by atoms with Crippen LogP contribution in [0.4, 0.5) is 5.69 Å². The van der Waals surface area contributed by atoms with E-state index in [0.29, 0.717) is 10.8 Å². The van der Waals surface area contributed by atoms with Crippen LogP contribution in [0.1, 0.15) is 22.6 Å². The molecule has 4 rings (SSSR count). The summed E-state index contributed by atoms with van der Waals surface area (Å²) in [5.74, 6) is 0.872. The van der Waals surface area contributed by atoms with E-state index in [1.807, 2.05) is 31.5 Å². The van der Waals surface area contributed by atoms with Crippen molar-refractivity contribution in [3.05, 3.63) is 53.1 Å². The molecule has 0 unspecified atom stereocenters. The number of nitrogens with zero attached hydrogens (tertiary/aromatic N) is 6. The molecular weight excluding hydrogens is 398 g/mol. The summed E-state index contributed by atoms with van der Waals surface area (Å²) in [6.07, 6.45) is 1.65. The Morgan fingerprint density at radius 3 is 2.73 bits per heavy atom. The summed E-state index contributed by atoms with van der Waals surface area (Å²) >= 11 is 1.36. The molecule has 3 heterocycles. The molecule has 0 atom stereocenters. The van der Waals surface area contributed by atoms with Gasteiger partial charge in [-0.3, -0.25) is 14.0 Å². The van der Waals surface area contributed by atoms with Crippen LogP contribution in [0.3, 0.4) is 0 Å². The lowest BCUT2D eigenvalue weighted by molar-refractivity contribution is -0.113. The first-order valence-corrected chi connectivity index (χ1v) is 10.5. The highest BCUT2D eigenvalue weighted by Crippen LogP contribution is 2.25. The van der Waals surface area contributed by atoms with Crippen molar-refractivity contribution in [3.8, 4) is 5.69 Å². The van der Waals surface area contributed by atoms with E-state index in [1.54, 1.807) is 10.9 Å². The van der Waals surface area contributed by atoms with Gasteiger partial charge >= 0.3 is 0 Å². The normalized spacial score (nSPS) is 11.2. The maximum absolute atomic E-state index is 12.5. The van der Waals surface area contributed by atoms with Gasteiger partial charge in [-0.05, 0) is 51.0 Å². The van der Waals surface area contributed by atoms with Gasteiger partial charge in [-0.15, -0.1) is 10.2 Å². The van der Waals surface area contributed by atoms with Crippen molar-refractivity contribution in [2.24, 2.45) is 7.05 Å². The summed E-state index contributed by atoms with van der Waals surface area (Å²) in [6, 6.07) is 8.16. The summed E-state index contributed by atoms with van der Waals surface area (Å²) < 4.78 is 3.72. The van der Waals surface area contributed by atoms with Crippen molar-refractivity contribution in [2.45, 2.75) is 32.9 Å². The molecule has 154 valence electrons. The molecule has 3 aromatic heterocycles. The van der Waals surface area contributed by atoms with Crippen LogP contribution < -0.4 is 5.32 Å². The number of hydrogen-bond donors (Lipinski definition) is 1. The average molecular weight is 422 g/mol. The van der Waals surface area contributed by atoms with Crippen molar-refractivity contribution in [3.63, 3.8) is 0 Å². The van der Waals surface area contributed by atoms with E-state index in [-0.39, 0.29) is 11.7 Å². The van der Waals surface area contributed by atoms with Crippen molar-refractivity contribution < 1.29 is 4.79 Å². The Labute approximate surface area is 178 Å². The zero-order valence-electron chi connectivity index (χ0n) is 17.6. The Morgan fingerprint density at radius 1 is 1.13 bits per heavy atom. The minimum atomic E-state index is -0.129. The summed E-state index contributed by atoms with van der Waals surface area (Å²) in [5.41, 5.74) is 5.63. The van der Waals surface area contributed by atoms with E-state index in [4.69, 9.17) is 0 Å². The smallest absolute Gasteiger partial charge is 0.234 e. The number of aromatic nitrogens is 6. The number of aryl methyl sites for hydroxylation is 5. The van der Waals surface area contributed by atoms with E-state index >= 15 is 0 Å². The van der Waals surface area contributed by atoms with Gasteiger partial charge in [-0.1, -0.05) is 23.9 Å². The third kappa shape index (κ3) is 3.80. The monoisotopic (exact) mass is 421 g/mol. The van der Waals surface area contributed by atoms with E-state index in [2.05, 4.69) is 57.6 Å². The third-order valence-electron chi connectivity index (χ3n) is 4.88. The fraction of sp³-hybridized carbons (Fsp3) is 0.286. The number of rotatable bonds is 5. The van der Waals surface area contributed by atoms with Crippen molar-refractivity contribution in [2.75, 3.05) is 11.1 Å². The quantitative estimate of drug-likeness (QED) is 0.496. The topological polar surface area (TPSA) is 90.5 Å². The molecule has 30 heavy (non-hydrogen) atoms. The second kappa shape index (κ2) is 7.91. The Kier molecular flexibility index (Phi) is 5.29. The van der Waals surface area contributed by atoms with Gasteiger partial charge in [-0.2, -0.15) is 5.10 Å². The van der Waals surface area contributed by atoms with Crippen LogP contribution in [-0.2, 0) is 11.8 Å². The Balaban J connectivity index is 1.50. The molecule has 0 bridgehead atoms. The van der Waals surface area contributed by atoms with Gasteiger partial charge in [-0.25, -0.2) is 4.98 Å². The van der Waals surface area contributed by atoms with Crippen LogP contribution >= 0.6 is 11.8 Å². The number of anilines is 1. The molecular formula is C21H23N7OS. The third-order valence-corrected chi connectivity index (χ3v) is 5.81. The summed E-state index contributed by atoms with van der Waals surface area (Å²) in [5, 5.41) is 17.4. The molecule has 0 aliphatic rings. The number of pyridine rings is 1. The molecule has 1 amide bonds. The lowest BCUT2D eigenvalue weighted by Crippen LogP contribution is -2.15. The number of hydrogen-bond acceptors (Lipinski definition) is 6. The number of fused-ring (bicyclic) bond motifs is 1. The fourth-order valence-corrected chi connectivity index (χ4v) is 4.17. The number of amides is 1. The second-order valence-electron chi connectivity index (χ2n) is 7.30. The molecule has 0 radical (unpaired) electrons. The highest BCUT2D eigenvalue weighted by Gasteiger charge is 2.16. The molecule has 1 N–H and O–H groups in total. The van der Waals surface area contributed by atoms with Crippen LogP contribution in [0.5, 0.6) is 0 Å². The molecule has 0 fully saturated rings. The number of carbonyl (C=O) groups is 1. The molecule has 0 aliphatic carbocycles. The first-order valence-electron chi connectivity index (χ1n) is 9.55. The fourth-order valence-electron chi connectivity index (χ4n) is 3.38. The zero-order valence-corrected chi connectivity index (χ0v) is 18.4. The Hall–Kier alpha value is -3.20. The predicted molar refractivity (Wildman–Crippen MR) is 118 cm³/mol. The van der Waals surface area contributed by atoms with E-state index in [1.165, 1.54) is 11.8 Å². The number of nitrogens with one attached hydrogen (secondary N) is 1. The first-order chi connectivity index (χ1) is 14.3. The van der Waals surface area contributed by atoms with Crippen LogP contribution in [-0.4, -0.2) is 41.2 Å². The molecule has 1 aromatic carbocycles. The van der Waals surface area contributed by atoms with Crippen molar-refractivity contribution in [1.29, 1.82) is 0 Å². The Bertz CT molecular complexity index is 1260. The van der Waals surface area contributed by atoms with Gasteiger partial charge in [0.05, 0.1) is 29.0 Å². The van der Waals surface area contributed by atoms with E-state index in [0.717, 1.165) is 39.4 Å². The van der Waals surface area contributed by atoms with Crippen LogP contribution in [0.25, 0.3) is 16.7 Å². The van der Waals surface area contributed by atoms with Crippen LogP contribution in [0.15, 0.2) is 35.6 Å². The van der Waals surface area contributed by atoms with Gasteiger partial charge in [0, 0.05) is 12.4 Å². The first kappa shape index (κ1) is 20.1. The SMILES string of the molecule is Cc1ccc(C)c(-n2c(C)nnc2SCC(=O)Nc2cnc3c(c2)c(C)nn3C)c1. The second-order valence-corrected chi connectivity index (χ2v) is 8.24. The van der Waals surface area contributed by atoms with E-state index < -0.39 is 0 Å². The van der Waals surface area contributed by atoms with Gasteiger partial charge < -0.3 is 5.32 Å². The molecule has 9 heteroatoms. The maximum Gasteiger partial charge on any atom is 0.234 e. The predicted octanol–water partition coefficient (Wildman–Crippen LogP) is 3.51. The van der Waals surface area contributed by atoms with Gasteiger partial charge in [0.2, 0.25) is 5.91 Å². The van der Waals surface area contributed by atoms with Crippen molar-refractivity contribution in [1.82, 2.24) is 29.5 Å². The highest BCUT2D eigenvalue weighted by molar-refractivity contribution is 7.99. The average Bonchev–Trinajstić information content (AvgIpc) is 3.21. The molecule has 0 saturated heterocycles. The lowest BCUT2D eigenvalue weighted by atomic mass is 10.1. The standard InChI is InChI=1S/C21H23N7OS/c1-12-6-7-13(2)18(8-12)28-15(4)24-25-21(28)30-11-19(29)23-16-9-17-14(3)26-27(5)20(17)22-10-16/h6-10H,11H2,1-5H3,(H,23,29). The number of benzene rings is 1. The molecule has 0 spiro atoms. The van der Waals surface area contributed by atoms with E-state index in [9.17, 15) is 4.79 Å². The van der Waals surface area contributed by atoms with Gasteiger partial charge in [0.15, 0.2) is 10.8 Å². The van der Waals surface area contributed by atoms with Crippen LogP contribution in [0, 0.1) is 27.7 Å². The highest BCUT2D eigenvalue weighted by atomic mass is 32.2. The van der Waals surface area contributed by atoms with Crippen LogP contribution in [0.2, 0.25) is 0 Å². The summed E-state index contributed by atoms with van der Waals surface area (Å²) in [6.45, 7) is 7.95. The Morgan fingerprint density at radius 2 is 1.93 bits per heavy atom. The zero-order chi connectivity index (χ0) is 21.4. The largest absolute Gasteiger partial charge is 0.324 e. The number of thioether (sulfide) groups is 1. The number of carbonyl (C=O) groups excluding carboxylic acids is 1. The van der Waals surface area contributed by atoms with Crippen molar-refractivity contribution >= 4 is 34.4 Å². The summed E-state index contributed by atoms with van der Waals surface area (Å²) in [4.78, 5) is 17.0. The lowest BCUT2D eigenvalue weighted by Gasteiger charge is -2.12. The molecule has 0 aliphatic heterocycles. The summed E-state index contributed by atoms with van der Waals surface area (Å²) in [7, 11) is 1.85. The molecule has 8 nitrogen and oxygen atoms in total. The minimum absolute atomic E-state index is 0.129.